The van der Waals surface area contributed by atoms with Crippen LogP contribution in [-0.2, 0) is 0 Å². The third-order valence-electron chi connectivity index (χ3n) is 2.65. The Morgan fingerprint density at radius 2 is 1.95 bits per heavy atom. The van der Waals surface area contributed by atoms with Gasteiger partial charge in [-0.05, 0) is 30.3 Å². The monoisotopic (exact) mass is 326 g/mol. The van der Waals surface area contributed by atoms with Gasteiger partial charge in [-0.2, -0.15) is 0 Å². The van der Waals surface area contributed by atoms with Gasteiger partial charge in [0.05, 0.1) is 22.9 Å². The summed E-state index contributed by atoms with van der Waals surface area (Å²) in [6.45, 7) is 0. The van der Waals surface area contributed by atoms with Gasteiger partial charge in [-0.3, -0.25) is 4.79 Å². The highest BCUT2D eigenvalue weighted by Crippen LogP contribution is 2.28. The minimum absolute atomic E-state index is 0.0416. The van der Waals surface area contributed by atoms with Crippen molar-refractivity contribution >= 4 is 40.7 Å². The molecule has 0 radical (unpaired) electrons. The lowest BCUT2D eigenvalue weighted by molar-refractivity contribution is 0.102. The zero-order valence-electron chi connectivity index (χ0n) is 10.7. The van der Waals surface area contributed by atoms with Gasteiger partial charge in [0.15, 0.2) is 5.78 Å². The number of methoxy groups -OCH3 is 1. The number of hydrogen-bond acceptors (Lipinski definition) is 3. The summed E-state index contributed by atoms with van der Waals surface area (Å²) in [5.41, 5.74) is 0.636. The Morgan fingerprint density at radius 1 is 1.15 bits per heavy atom. The van der Waals surface area contributed by atoms with Gasteiger partial charge in [0.1, 0.15) is 5.75 Å². The minimum Gasteiger partial charge on any atom is -0.497 e. The second-order valence-corrected chi connectivity index (χ2v) is 5.88. The first-order valence-corrected chi connectivity index (χ1v) is 7.59. The maximum absolute atomic E-state index is 12.1. The van der Waals surface area contributed by atoms with Gasteiger partial charge in [0, 0.05) is 10.5 Å². The van der Waals surface area contributed by atoms with Crippen molar-refractivity contribution in [2.45, 2.75) is 4.90 Å². The lowest BCUT2D eigenvalue weighted by Gasteiger charge is -2.05. The fourth-order valence-electron chi connectivity index (χ4n) is 1.60. The number of rotatable bonds is 5. The third kappa shape index (κ3) is 3.92. The molecule has 0 aliphatic rings. The lowest BCUT2D eigenvalue weighted by atomic mass is 10.1. The Bertz CT molecular complexity index is 629. The van der Waals surface area contributed by atoms with Crippen molar-refractivity contribution in [1.29, 1.82) is 0 Å². The second-order valence-electron chi connectivity index (χ2n) is 4.02. The molecular formula is C15H12Cl2O2S. The molecule has 2 nitrogen and oxygen atoms in total. The van der Waals surface area contributed by atoms with Gasteiger partial charge in [0.25, 0.3) is 0 Å². The van der Waals surface area contributed by atoms with Crippen molar-refractivity contribution in [3.8, 4) is 5.75 Å². The Labute approximate surface area is 132 Å². The first-order chi connectivity index (χ1) is 9.60. The van der Waals surface area contributed by atoms with Gasteiger partial charge >= 0.3 is 0 Å². The smallest absolute Gasteiger partial charge is 0.173 e. The summed E-state index contributed by atoms with van der Waals surface area (Å²) in [4.78, 5) is 13.0. The summed E-state index contributed by atoms with van der Waals surface area (Å²) in [5.74, 6) is 1.06. The molecule has 20 heavy (non-hydrogen) atoms. The zero-order chi connectivity index (χ0) is 14.5. The van der Waals surface area contributed by atoms with Crippen LogP contribution >= 0.6 is 35.0 Å². The Kier molecular flexibility index (Phi) is 5.35. The molecule has 0 heterocycles. The van der Waals surface area contributed by atoms with Crippen LogP contribution in [0.1, 0.15) is 10.4 Å². The average Bonchev–Trinajstić information content (AvgIpc) is 2.48. The SMILES string of the molecule is COc1cccc(C(=O)CSc2ccc(Cl)c(Cl)c2)c1. The molecule has 0 bridgehead atoms. The number of hydrogen-bond donors (Lipinski definition) is 0. The van der Waals surface area contributed by atoms with Crippen LogP contribution in [-0.4, -0.2) is 18.6 Å². The van der Waals surface area contributed by atoms with E-state index in [1.807, 2.05) is 12.1 Å². The van der Waals surface area contributed by atoms with Crippen LogP contribution in [0.15, 0.2) is 47.4 Å². The quantitative estimate of drug-likeness (QED) is 0.572. The maximum Gasteiger partial charge on any atom is 0.173 e. The maximum atomic E-state index is 12.1. The summed E-state index contributed by atoms with van der Waals surface area (Å²) < 4.78 is 5.11. The van der Waals surface area contributed by atoms with Gasteiger partial charge in [-0.25, -0.2) is 0 Å². The minimum atomic E-state index is 0.0416. The molecule has 0 atom stereocenters. The van der Waals surface area contributed by atoms with E-state index in [-0.39, 0.29) is 5.78 Å². The van der Waals surface area contributed by atoms with Crippen molar-refractivity contribution in [1.82, 2.24) is 0 Å². The van der Waals surface area contributed by atoms with Crippen LogP contribution in [0.3, 0.4) is 0 Å². The van der Waals surface area contributed by atoms with Crippen LogP contribution in [0.5, 0.6) is 5.75 Å². The molecule has 0 amide bonds. The highest BCUT2D eigenvalue weighted by molar-refractivity contribution is 8.00. The van der Waals surface area contributed by atoms with Gasteiger partial charge in [-0.15, -0.1) is 11.8 Å². The van der Waals surface area contributed by atoms with E-state index in [0.29, 0.717) is 27.1 Å². The number of halogens is 2. The number of carbonyl (C=O) groups is 1. The number of Topliss-reactive ketones (excluding diaryl/α,β-unsaturated/α-hetero) is 1. The number of benzene rings is 2. The molecule has 0 aromatic heterocycles. The van der Waals surface area contributed by atoms with Crippen molar-refractivity contribution in [3.05, 3.63) is 58.1 Å². The molecule has 104 valence electrons. The van der Waals surface area contributed by atoms with E-state index in [4.69, 9.17) is 27.9 Å². The van der Waals surface area contributed by atoms with Crippen LogP contribution in [0, 0.1) is 0 Å². The number of ether oxygens (including phenoxy) is 1. The van der Waals surface area contributed by atoms with Crippen LogP contribution in [0.4, 0.5) is 0 Å². The lowest BCUT2D eigenvalue weighted by Crippen LogP contribution is -2.02. The molecular weight excluding hydrogens is 315 g/mol. The summed E-state index contributed by atoms with van der Waals surface area (Å²) >= 11 is 13.2. The van der Waals surface area contributed by atoms with Crippen molar-refractivity contribution in [2.24, 2.45) is 0 Å². The number of ketones is 1. The Balaban J connectivity index is 2.02. The molecule has 2 aromatic carbocycles. The molecule has 0 spiro atoms. The largest absolute Gasteiger partial charge is 0.497 e. The molecule has 0 saturated heterocycles. The van der Waals surface area contributed by atoms with E-state index in [0.717, 1.165) is 4.90 Å². The van der Waals surface area contributed by atoms with E-state index < -0.39 is 0 Å². The molecule has 0 N–H and O–H groups in total. The molecule has 5 heteroatoms. The molecule has 0 aliphatic carbocycles. The molecule has 0 fully saturated rings. The fraction of sp³-hybridized carbons (Fsp3) is 0.133. The molecule has 2 aromatic rings. The average molecular weight is 327 g/mol. The molecule has 0 unspecified atom stereocenters. The molecule has 2 rings (SSSR count). The molecule has 0 aliphatic heterocycles. The predicted octanol–water partition coefficient (Wildman–Crippen LogP) is 4.98. The van der Waals surface area contributed by atoms with Gasteiger partial charge in [-0.1, -0.05) is 35.3 Å². The van der Waals surface area contributed by atoms with Crippen molar-refractivity contribution in [3.63, 3.8) is 0 Å². The topological polar surface area (TPSA) is 26.3 Å². The highest BCUT2D eigenvalue weighted by Gasteiger charge is 2.08. The Hall–Kier alpha value is -1.16. The van der Waals surface area contributed by atoms with Crippen LogP contribution in [0.25, 0.3) is 0 Å². The normalized spacial score (nSPS) is 10.3. The van der Waals surface area contributed by atoms with Crippen molar-refractivity contribution < 1.29 is 9.53 Å². The summed E-state index contributed by atoms with van der Waals surface area (Å²) in [6, 6.07) is 12.4. The third-order valence-corrected chi connectivity index (χ3v) is 4.39. The van der Waals surface area contributed by atoms with E-state index in [9.17, 15) is 4.79 Å². The highest BCUT2D eigenvalue weighted by atomic mass is 35.5. The standard InChI is InChI=1S/C15H12Cl2O2S/c1-19-11-4-2-3-10(7-11)15(18)9-20-12-5-6-13(16)14(17)8-12/h2-8H,9H2,1H3. The van der Waals surface area contributed by atoms with E-state index >= 15 is 0 Å². The van der Waals surface area contributed by atoms with Crippen LogP contribution < -0.4 is 4.74 Å². The first kappa shape index (κ1) is 15.2. The van der Waals surface area contributed by atoms with E-state index in [1.54, 1.807) is 37.4 Å². The fourth-order valence-corrected chi connectivity index (χ4v) is 2.79. The first-order valence-electron chi connectivity index (χ1n) is 5.85. The predicted molar refractivity (Wildman–Crippen MR) is 84.5 cm³/mol. The summed E-state index contributed by atoms with van der Waals surface area (Å²) in [6.07, 6.45) is 0. The van der Waals surface area contributed by atoms with E-state index in [2.05, 4.69) is 0 Å². The second kappa shape index (κ2) is 7.02. The number of carbonyl (C=O) groups excluding carboxylic acids is 1. The summed E-state index contributed by atoms with van der Waals surface area (Å²) in [5, 5.41) is 1.00. The zero-order valence-corrected chi connectivity index (χ0v) is 13.1. The van der Waals surface area contributed by atoms with Crippen molar-refractivity contribution in [2.75, 3.05) is 12.9 Å². The van der Waals surface area contributed by atoms with E-state index in [1.165, 1.54) is 11.8 Å². The van der Waals surface area contributed by atoms with Gasteiger partial charge in [0.2, 0.25) is 0 Å². The summed E-state index contributed by atoms with van der Waals surface area (Å²) in [7, 11) is 1.58. The molecule has 0 saturated carbocycles. The van der Waals surface area contributed by atoms with Gasteiger partial charge < -0.3 is 4.74 Å². The van der Waals surface area contributed by atoms with Crippen LogP contribution in [0.2, 0.25) is 10.0 Å². The number of thioether (sulfide) groups is 1. The Morgan fingerprint density at radius 3 is 2.65 bits per heavy atom.